The minimum atomic E-state index is -3.78. The fourth-order valence-corrected chi connectivity index (χ4v) is 4.45. The summed E-state index contributed by atoms with van der Waals surface area (Å²) in [6.45, 7) is 0. The first-order valence-electron chi connectivity index (χ1n) is 9.96. The first-order chi connectivity index (χ1) is 15.3. The van der Waals surface area contributed by atoms with Gasteiger partial charge in [-0.2, -0.15) is 0 Å². The molecular weight excluding hydrogens is 441 g/mol. The number of fused-ring (bicyclic) bond motifs is 1. The molecule has 3 nitrogen and oxygen atoms in total. The average molecular weight is 457 g/mol. The Labute approximate surface area is 187 Å². The summed E-state index contributed by atoms with van der Waals surface area (Å²) in [4.78, 5) is 13.4. The van der Waals surface area contributed by atoms with Crippen LogP contribution in [0.25, 0.3) is 5.57 Å². The summed E-state index contributed by atoms with van der Waals surface area (Å²) in [5.74, 6) is -2.57. The van der Waals surface area contributed by atoms with E-state index in [1.54, 1.807) is 36.4 Å². The molecule has 2 unspecified atom stereocenters. The average Bonchev–Trinajstić information content (AvgIpc) is 3.33. The molecule has 0 fully saturated rings. The largest absolute Gasteiger partial charge is 0.586 e. The van der Waals surface area contributed by atoms with E-state index in [-0.39, 0.29) is 17.1 Å². The maximum absolute atomic E-state index is 14.4. The molecule has 5 rings (SSSR count). The number of benzene rings is 3. The summed E-state index contributed by atoms with van der Waals surface area (Å²) in [6, 6.07) is 17.4. The number of alkyl halides is 2. The van der Waals surface area contributed by atoms with Crippen LogP contribution in [0.2, 0.25) is 5.02 Å². The summed E-state index contributed by atoms with van der Waals surface area (Å²) < 4.78 is 51.3. The zero-order valence-electron chi connectivity index (χ0n) is 16.5. The van der Waals surface area contributed by atoms with Crippen LogP contribution in [0.3, 0.4) is 0 Å². The monoisotopic (exact) mass is 456 g/mol. The fraction of sp³-hybridized carbons (Fsp3) is 0.160. The Morgan fingerprint density at radius 1 is 0.969 bits per heavy atom. The van der Waals surface area contributed by atoms with Gasteiger partial charge in [0, 0.05) is 22.4 Å². The van der Waals surface area contributed by atoms with Gasteiger partial charge in [0.15, 0.2) is 17.3 Å². The van der Waals surface area contributed by atoms with Gasteiger partial charge in [-0.15, -0.1) is 8.78 Å². The number of allylic oxidation sites excluding steroid dienone is 2. The normalized spacial score (nSPS) is 20.8. The third-order valence-corrected chi connectivity index (χ3v) is 6.02. The van der Waals surface area contributed by atoms with Crippen LogP contribution in [0.4, 0.5) is 13.2 Å². The maximum Gasteiger partial charge on any atom is 0.586 e. The van der Waals surface area contributed by atoms with Gasteiger partial charge in [-0.3, -0.25) is 4.79 Å². The summed E-state index contributed by atoms with van der Waals surface area (Å²) in [5.41, 5.74) is 2.05. The van der Waals surface area contributed by atoms with Crippen molar-refractivity contribution in [3.05, 3.63) is 100 Å². The van der Waals surface area contributed by atoms with Crippen LogP contribution in [-0.2, 0) is 0 Å². The highest BCUT2D eigenvalue weighted by Gasteiger charge is 2.47. The van der Waals surface area contributed by atoms with E-state index in [4.69, 9.17) is 16.3 Å². The number of ketones is 1. The zero-order valence-corrected chi connectivity index (χ0v) is 17.3. The molecule has 0 amide bonds. The van der Waals surface area contributed by atoms with Gasteiger partial charge in [0.1, 0.15) is 5.82 Å². The van der Waals surface area contributed by atoms with E-state index in [9.17, 15) is 18.0 Å². The van der Waals surface area contributed by atoms with Crippen LogP contribution < -0.4 is 9.47 Å². The van der Waals surface area contributed by atoms with Gasteiger partial charge in [0.2, 0.25) is 0 Å². The SMILES string of the molecule is O=C(c1ccccc1F)C1C=C(c2ccc(Cl)cc2)CC1c1cccc2c1OC(F)(F)O2. The van der Waals surface area contributed by atoms with Crippen molar-refractivity contribution in [1.29, 1.82) is 0 Å². The van der Waals surface area contributed by atoms with E-state index >= 15 is 0 Å². The molecule has 3 aromatic carbocycles. The maximum atomic E-state index is 14.4. The Balaban J connectivity index is 1.59. The smallest absolute Gasteiger partial charge is 0.395 e. The molecule has 162 valence electrons. The highest BCUT2D eigenvalue weighted by atomic mass is 35.5. The molecule has 0 saturated carbocycles. The Morgan fingerprint density at radius 2 is 1.72 bits per heavy atom. The van der Waals surface area contributed by atoms with E-state index in [0.29, 0.717) is 17.0 Å². The van der Waals surface area contributed by atoms with Crippen LogP contribution >= 0.6 is 11.6 Å². The van der Waals surface area contributed by atoms with E-state index in [0.717, 1.165) is 11.1 Å². The number of carbonyl (C=O) groups excluding carboxylic acids is 1. The Kier molecular flexibility index (Phi) is 4.97. The van der Waals surface area contributed by atoms with Crippen LogP contribution in [0.15, 0.2) is 72.8 Å². The first-order valence-corrected chi connectivity index (χ1v) is 10.3. The second kappa shape index (κ2) is 7.71. The number of para-hydroxylation sites is 1. The first kappa shape index (κ1) is 20.6. The van der Waals surface area contributed by atoms with E-state index in [1.807, 2.05) is 12.1 Å². The predicted octanol–water partition coefficient (Wildman–Crippen LogP) is 6.87. The topological polar surface area (TPSA) is 35.5 Å². The van der Waals surface area contributed by atoms with Crippen molar-refractivity contribution < 1.29 is 27.4 Å². The van der Waals surface area contributed by atoms with Crippen LogP contribution in [-0.4, -0.2) is 12.1 Å². The van der Waals surface area contributed by atoms with Crippen molar-refractivity contribution in [2.45, 2.75) is 18.6 Å². The number of hydrogen-bond donors (Lipinski definition) is 0. The third kappa shape index (κ3) is 3.65. The molecule has 1 aliphatic heterocycles. The van der Waals surface area contributed by atoms with Crippen molar-refractivity contribution in [3.63, 3.8) is 0 Å². The second-order valence-corrected chi connectivity index (χ2v) is 8.16. The van der Waals surface area contributed by atoms with Crippen LogP contribution in [0.5, 0.6) is 11.5 Å². The summed E-state index contributed by atoms with van der Waals surface area (Å²) >= 11 is 5.99. The van der Waals surface area contributed by atoms with E-state index < -0.39 is 29.7 Å². The zero-order chi connectivity index (χ0) is 22.5. The van der Waals surface area contributed by atoms with E-state index in [1.165, 1.54) is 24.3 Å². The highest BCUT2D eigenvalue weighted by Crippen LogP contribution is 2.52. The van der Waals surface area contributed by atoms with E-state index in [2.05, 4.69) is 4.74 Å². The van der Waals surface area contributed by atoms with Gasteiger partial charge in [0.05, 0.1) is 5.56 Å². The lowest BCUT2D eigenvalue weighted by Gasteiger charge is -2.20. The molecule has 2 aliphatic rings. The number of Topliss-reactive ketones (excluding diaryl/α,β-unsaturated/α-hetero) is 1. The molecule has 32 heavy (non-hydrogen) atoms. The van der Waals surface area contributed by atoms with Gasteiger partial charge < -0.3 is 9.47 Å². The van der Waals surface area contributed by atoms with Crippen molar-refractivity contribution in [2.75, 3.05) is 0 Å². The molecule has 1 heterocycles. The Bertz CT molecular complexity index is 1240. The minimum Gasteiger partial charge on any atom is -0.395 e. The van der Waals surface area contributed by atoms with Crippen LogP contribution in [0, 0.1) is 11.7 Å². The van der Waals surface area contributed by atoms with Crippen LogP contribution in [0.1, 0.15) is 33.8 Å². The molecule has 2 atom stereocenters. The number of carbonyl (C=O) groups is 1. The molecule has 0 saturated heterocycles. The number of hydrogen-bond acceptors (Lipinski definition) is 3. The Hall–Kier alpha value is -3.25. The fourth-order valence-electron chi connectivity index (χ4n) is 4.33. The van der Waals surface area contributed by atoms with Crippen molar-refractivity contribution >= 4 is 23.0 Å². The van der Waals surface area contributed by atoms with Crippen molar-refractivity contribution in [3.8, 4) is 11.5 Å². The molecule has 0 N–H and O–H groups in total. The van der Waals surface area contributed by atoms with Gasteiger partial charge in [-0.05, 0) is 47.9 Å². The second-order valence-electron chi connectivity index (χ2n) is 7.72. The summed E-state index contributed by atoms with van der Waals surface area (Å²) in [6.07, 6.45) is -1.64. The molecule has 1 aliphatic carbocycles. The van der Waals surface area contributed by atoms with Gasteiger partial charge in [-0.1, -0.05) is 54.1 Å². The number of rotatable bonds is 4. The van der Waals surface area contributed by atoms with Gasteiger partial charge >= 0.3 is 6.29 Å². The van der Waals surface area contributed by atoms with Crippen molar-refractivity contribution in [1.82, 2.24) is 0 Å². The molecule has 0 aromatic heterocycles. The molecule has 0 spiro atoms. The third-order valence-electron chi connectivity index (χ3n) is 5.77. The lowest BCUT2D eigenvalue weighted by molar-refractivity contribution is -0.287. The number of halogens is 4. The quantitative estimate of drug-likeness (QED) is 0.402. The highest BCUT2D eigenvalue weighted by molar-refractivity contribution is 6.30. The lowest BCUT2D eigenvalue weighted by atomic mass is 9.82. The van der Waals surface area contributed by atoms with Crippen molar-refractivity contribution in [2.24, 2.45) is 5.92 Å². The predicted molar refractivity (Wildman–Crippen MR) is 114 cm³/mol. The Morgan fingerprint density at radius 3 is 2.47 bits per heavy atom. The molecule has 0 radical (unpaired) electrons. The number of ether oxygens (including phenoxy) is 2. The molecule has 0 bridgehead atoms. The molecule has 7 heteroatoms. The summed E-state index contributed by atoms with van der Waals surface area (Å²) in [5, 5.41) is 0.566. The molecule has 3 aromatic rings. The van der Waals surface area contributed by atoms with Gasteiger partial charge in [-0.25, -0.2) is 4.39 Å². The summed E-state index contributed by atoms with van der Waals surface area (Å²) in [7, 11) is 0. The lowest BCUT2D eigenvalue weighted by Crippen LogP contribution is -2.26. The molecular formula is C25H16ClF3O3. The standard InChI is InChI=1S/C25H16ClF3O3/c26-16-10-8-14(9-11-16)15-12-19(17-5-3-7-22-24(17)32-25(28,29)31-22)20(13-15)23(30)18-4-1-2-6-21(18)27/h1-11,13,19-20H,12H2. The minimum absolute atomic E-state index is 0.0498. The van der Waals surface area contributed by atoms with Gasteiger partial charge in [0.25, 0.3) is 0 Å².